The van der Waals surface area contributed by atoms with Gasteiger partial charge in [-0.15, -0.1) is 23.8 Å². The molecule has 3 nitrogen and oxygen atoms in total. The fourth-order valence-electron chi connectivity index (χ4n) is 3.11. The third-order valence-electron chi connectivity index (χ3n) is 5.37. The summed E-state index contributed by atoms with van der Waals surface area (Å²) >= 11 is 0. The minimum absolute atomic E-state index is 0. The summed E-state index contributed by atoms with van der Waals surface area (Å²) in [6.07, 6.45) is 1.75. The Morgan fingerprint density at radius 2 is 1.70 bits per heavy atom. The van der Waals surface area contributed by atoms with Crippen molar-refractivity contribution in [3.8, 4) is 11.3 Å². The molecule has 1 radical (unpaired) electrons. The van der Waals surface area contributed by atoms with Crippen LogP contribution >= 0.6 is 0 Å². The molecule has 0 atom stereocenters. The van der Waals surface area contributed by atoms with E-state index in [0.29, 0.717) is 11.0 Å². The fraction of sp³-hybridized carbons (Fsp3) is 0.286. The van der Waals surface area contributed by atoms with E-state index in [1.54, 1.807) is 12.3 Å². The number of halogens is 1. The van der Waals surface area contributed by atoms with Crippen molar-refractivity contribution in [2.75, 3.05) is 0 Å². The molecule has 0 spiro atoms. The van der Waals surface area contributed by atoms with Crippen LogP contribution in [0.3, 0.4) is 0 Å². The van der Waals surface area contributed by atoms with E-state index in [4.69, 9.17) is 9.31 Å². The minimum Gasteiger partial charge on any atom is -0.400 e. The zero-order valence-electron chi connectivity index (χ0n) is 15.7. The summed E-state index contributed by atoms with van der Waals surface area (Å²) in [5, 5.41) is 2.07. The number of hydrogen-bond acceptors (Lipinski definition) is 3. The number of aromatic nitrogens is 1. The summed E-state index contributed by atoms with van der Waals surface area (Å²) in [7, 11) is -0.761. The van der Waals surface area contributed by atoms with Crippen LogP contribution in [0.4, 0.5) is 4.39 Å². The van der Waals surface area contributed by atoms with E-state index in [-0.39, 0.29) is 20.1 Å². The van der Waals surface area contributed by atoms with Gasteiger partial charge in [0.05, 0.1) is 11.2 Å². The monoisotopic (exact) mass is 541 g/mol. The van der Waals surface area contributed by atoms with Crippen molar-refractivity contribution < 1.29 is 33.8 Å². The van der Waals surface area contributed by atoms with Crippen molar-refractivity contribution in [3.63, 3.8) is 0 Å². The molecule has 2 aromatic carbocycles. The first kappa shape index (κ1) is 20.2. The standard InChI is InChI=1S/C21H20BFNO2.Ir/c1-20(2)21(3,4)26-22(25-20)17-13-15(9-10-18(17)23)19-16-8-6-5-7-14(16)11-12-24-19;/h5-8,10-13H,1-4H3;/q-1;. The van der Waals surface area contributed by atoms with E-state index < -0.39 is 24.1 Å². The summed E-state index contributed by atoms with van der Waals surface area (Å²) in [6, 6.07) is 16.0. The maximum Gasteiger partial charge on any atom is 0.478 e. The second-order valence-corrected chi connectivity index (χ2v) is 7.62. The van der Waals surface area contributed by atoms with Crippen LogP contribution in [0.2, 0.25) is 0 Å². The molecular weight excluding hydrogens is 520 g/mol. The second-order valence-electron chi connectivity index (χ2n) is 7.62. The Bertz CT molecular complexity index is 972. The van der Waals surface area contributed by atoms with E-state index in [1.807, 2.05) is 58.0 Å². The SMILES string of the molecule is CC1(C)OB(c2cc(-c3nccc4ccccc34)[c-]cc2F)OC1(C)C.[Ir]. The Morgan fingerprint density at radius 3 is 2.41 bits per heavy atom. The minimum atomic E-state index is -0.761. The molecule has 0 bridgehead atoms. The zero-order valence-corrected chi connectivity index (χ0v) is 18.1. The van der Waals surface area contributed by atoms with Crippen LogP contribution < -0.4 is 5.46 Å². The number of pyridine rings is 1. The van der Waals surface area contributed by atoms with Crippen LogP contribution in [0.1, 0.15) is 27.7 Å². The number of benzene rings is 2. The molecule has 0 N–H and O–H groups in total. The Labute approximate surface area is 172 Å². The van der Waals surface area contributed by atoms with Gasteiger partial charge in [-0.2, -0.15) is 0 Å². The normalized spacial score (nSPS) is 17.7. The number of hydrogen-bond donors (Lipinski definition) is 0. The maximum absolute atomic E-state index is 14.5. The Balaban J connectivity index is 0.00000210. The molecule has 1 aromatic heterocycles. The molecule has 1 saturated heterocycles. The second kappa shape index (κ2) is 7.10. The van der Waals surface area contributed by atoms with Crippen molar-refractivity contribution in [1.82, 2.24) is 4.98 Å². The Hall–Kier alpha value is -1.59. The summed E-state index contributed by atoms with van der Waals surface area (Å²) in [4.78, 5) is 4.50. The van der Waals surface area contributed by atoms with Gasteiger partial charge in [0.1, 0.15) is 0 Å². The zero-order chi connectivity index (χ0) is 18.5. The van der Waals surface area contributed by atoms with Crippen molar-refractivity contribution in [2.24, 2.45) is 0 Å². The van der Waals surface area contributed by atoms with Gasteiger partial charge in [0.25, 0.3) is 0 Å². The van der Waals surface area contributed by atoms with Gasteiger partial charge in [-0.1, -0.05) is 29.7 Å². The van der Waals surface area contributed by atoms with Gasteiger partial charge in [-0.3, -0.25) is 4.39 Å². The van der Waals surface area contributed by atoms with Gasteiger partial charge < -0.3 is 14.3 Å². The van der Waals surface area contributed by atoms with E-state index in [2.05, 4.69) is 11.1 Å². The first-order valence-electron chi connectivity index (χ1n) is 8.69. The van der Waals surface area contributed by atoms with Crippen LogP contribution in [0, 0.1) is 11.9 Å². The molecule has 2 heterocycles. The third-order valence-corrected chi connectivity index (χ3v) is 5.37. The van der Waals surface area contributed by atoms with Crippen LogP contribution in [0.25, 0.3) is 22.0 Å². The van der Waals surface area contributed by atoms with Crippen LogP contribution in [-0.2, 0) is 29.4 Å². The van der Waals surface area contributed by atoms with E-state index in [9.17, 15) is 4.39 Å². The van der Waals surface area contributed by atoms with Gasteiger partial charge >= 0.3 is 7.12 Å². The molecule has 3 aromatic rings. The smallest absolute Gasteiger partial charge is 0.400 e. The molecule has 0 unspecified atom stereocenters. The molecule has 27 heavy (non-hydrogen) atoms. The largest absolute Gasteiger partial charge is 0.478 e. The van der Waals surface area contributed by atoms with Crippen LogP contribution in [0.15, 0.2) is 48.7 Å². The predicted octanol–water partition coefficient (Wildman–Crippen LogP) is 4.14. The van der Waals surface area contributed by atoms with Gasteiger partial charge in [-0.25, -0.2) is 0 Å². The number of nitrogens with zero attached hydrogens (tertiary/aromatic N) is 1. The summed E-state index contributed by atoms with van der Waals surface area (Å²) in [6.45, 7) is 7.81. The molecular formula is C21H20BFIrNO2-. The van der Waals surface area contributed by atoms with Gasteiger partial charge in [0, 0.05) is 32.1 Å². The average Bonchev–Trinajstić information content (AvgIpc) is 2.82. The van der Waals surface area contributed by atoms with E-state index in [1.165, 1.54) is 6.07 Å². The maximum atomic E-state index is 14.5. The third kappa shape index (κ3) is 3.47. The first-order valence-corrected chi connectivity index (χ1v) is 8.69. The van der Waals surface area contributed by atoms with Gasteiger partial charge in [-0.05, 0) is 50.2 Å². The number of fused-ring (bicyclic) bond motifs is 1. The Kier molecular flexibility index (Phi) is 5.30. The molecule has 0 amide bonds. The molecule has 6 heteroatoms. The van der Waals surface area contributed by atoms with E-state index in [0.717, 1.165) is 16.5 Å². The predicted molar refractivity (Wildman–Crippen MR) is 102 cm³/mol. The molecule has 141 valence electrons. The average molecular weight is 540 g/mol. The molecule has 0 saturated carbocycles. The molecule has 0 aliphatic carbocycles. The molecule has 1 aliphatic rings. The Morgan fingerprint density at radius 1 is 1.04 bits per heavy atom. The van der Waals surface area contributed by atoms with Crippen LogP contribution in [-0.4, -0.2) is 23.3 Å². The summed E-state index contributed by atoms with van der Waals surface area (Å²) in [5.41, 5.74) is 0.796. The molecule has 1 fully saturated rings. The van der Waals surface area contributed by atoms with Crippen molar-refractivity contribution >= 4 is 23.4 Å². The van der Waals surface area contributed by atoms with Crippen molar-refractivity contribution in [2.45, 2.75) is 38.9 Å². The van der Waals surface area contributed by atoms with Gasteiger partial charge in [0.15, 0.2) is 0 Å². The summed E-state index contributed by atoms with van der Waals surface area (Å²) < 4.78 is 26.6. The van der Waals surface area contributed by atoms with E-state index >= 15 is 0 Å². The molecule has 4 rings (SSSR count). The first-order chi connectivity index (χ1) is 12.3. The van der Waals surface area contributed by atoms with Crippen LogP contribution in [0.5, 0.6) is 0 Å². The van der Waals surface area contributed by atoms with Crippen molar-refractivity contribution in [1.29, 1.82) is 0 Å². The summed E-state index contributed by atoms with van der Waals surface area (Å²) in [5.74, 6) is -0.396. The topological polar surface area (TPSA) is 31.4 Å². The van der Waals surface area contributed by atoms with Crippen molar-refractivity contribution in [3.05, 3.63) is 60.5 Å². The fourth-order valence-corrected chi connectivity index (χ4v) is 3.11. The van der Waals surface area contributed by atoms with Gasteiger partial charge in [0.2, 0.25) is 0 Å². The molecule has 1 aliphatic heterocycles. The quantitative estimate of drug-likeness (QED) is 0.362. The number of rotatable bonds is 2.